The molecule has 3 fully saturated rings. The van der Waals surface area contributed by atoms with Crippen molar-refractivity contribution in [2.75, 3.05) is 0 Å². The molecule has 46 heavy (non-hydrogen) atoms. The molecular formula is C38H58BF4P2Rh-. The molecule has 0 aromatic heterocycles. The van der Waals surface area contributed by atoms with Gasteiger partial charge in [-0.25, -0.2) is 0 Å². The van der Waals surface area contributed by atoms with Crippen LogP contribution in [0.4, 0.5) is 17.3 Å². The van der Waals surface area contributed by atoms with Gasteiger partial charge < -0.3 is 17.3 Å². The third-order valence-corrected chi connectivity index (χ3v) is 16.8. The topological polar surface area (TPSA) is 0 Å². The predicted molar refractivity (Wildman–Crippen MR) is 196 cm³/mol. The van der Waals surface area contributed by atoms with Gasteiger partial charge in [0.25, 0.3) is 0 Å². The van der Waals surface area contributed by atoms with Crippen molar-refractivity contribution in [3.8, 4) is 0 Å². The molecule has 0 bridgehead atoms. The molecular weight excluding hydrogens is 708 g/mol. The van der Waals surface area contributed by atoms with Crippen molar-refractivity contribution in [1.82, 2.24) is 0 Å². The second-order valence-corrected chi connectivity index (χ2v) is 19.1. The number of benzene rings is 2. The fourth-order valence-corrected chi connectivity index (χ4v) is 13.5. The van der Waals surface area contributed by atoms with Crippen molar-refractivity contribution < 1.29 is 36.7 Å². The van der Waals surface area contributed by atoms with Gasteiger partial charge >= 0.3 is 7.25 Å². The van der Waals surface area contributed by atoms with Gasteiger partial charge in [-0.1, -0.05) is 132 Å². The Balaban J connectivity index is 0.000000332. The summed E-state index contributed by atoms with van der Waals surface area (Å²) < 4.78 is 39.0. The largest absolute Gasteiger partial charge is 0.673 e. The van der Waals surface area contributed by atoms with Crippen LogP contribution in [0.5, 0.6) is 0 Å². The summed E-state index contributed by atoms with van der Waals surface area (Å²) in [5.41, 5.74) is 3.85. The molecule has 5 radical (unpaired) electrons. The third kappa shape index (κ3) is 15.5. The maximum Gasteiger partial charge on any atom is 0.673 e. The minimum atomic E-state index is -6.00. The molecule has 8 heteroatoms. The van der Waals surface area contributed by atoms with E-state index in [2.05, 4.69) is 142 Å². The summed E-state index contributed by atoms with van der Waals surface area (Å²) in [5.74, 6) is 3.39. The predicted octanol–water partition coefficient (Wildman–Crippen LogP) is 12.2. The Morgan fingerprint density at radius 2 is 0.696 bits per heavy atom. The van der Waals surface area contributed by atoms with Crippen LogP contribution in [0, 0.1) is 49.4 Å². The van der Waals surface area contributed by atoms with Crippen molar-refractivity contribution in [2.24, 2.45) is 23.7 Å². The maximum atomic E-state index is 9.75. The molecule has 3 aliphatic rings. The monoisotopic (exact) mass is 766 g/mol. The first-order valence-electron chi connectivity index (χ1n) is 17.1. The van der Waals surface area contributed by atoms with Gasteiger partial charge in [0.05, 0.1) is 0 Å². The van der Waals surface area contributed by atoms with Crippen molar-refractivity contribution in [3.63, 3.8) is 0 Å². The molecule has 2 aromatic rings. The van der Waals surface area contributed by atoms with E-state index in [1.165, 1.54) is 38.5 Å². The Morgan fingerprint density at radius 3 is 0.891 bits per heavy atom. The van der Waals surface area contributed by atoms with Crippen LogP contribution in [0.3, 0.4) is 0 Å². The zero-order valence-corrected chi connectivity index (χ0v) is 32.7. The van der Waals surface area contributed by atoms with E-state index < -0.39 is 7.25 Å². The summed E-state index contributed by atoms with van der Waals surface area (Å²) >= 11 is 0. The first-order chi connectivity index (χ1) is 21.2. The SMILES string of the molecule is CC(C)[C@@H]1C[C@@H](C(C)C)P1c1ccccc1.CC(C)[C@@H]1C[C@@H](C(C)C)P1c1ccccc1.F[B-](F)(F)F.[CH]1[CH]CC[CH][CH]CC1.[Rh]. The zero-order chi connectivity index (χ0) is 33.6. The fraction of sp³-hybridized carbons (Fsp3) is 0.579. The molecule has 261 valence electrons. The van der Waals surface area contributed by atoms with Crippen LogP contribution < -0.4 is 10.6 Å². The zero-order valence-electron chi connectivity index (χ0n) is 29.3. The molecule has 0 amide bonds. The quantitative estimate of drug-likeness (QED) is 0.156. The number of hydrogen-bond donors (Lipinski definition) is 0. The van der Waals surface area contributed by atoms with Gasteiger partial charge in [0.2, 0.25) is 0 Å². The minimum Gasteiger partial charge on any atom is -0.418 e. The van der Waals surface area contributed by atoms with Crippen LogP contribution in [0.1, 0.15) is 93.9 Å². The fourth-order valence-electron chi connectivity index (χ4n) is 6.36. The summed E-state index contributed by atoms with van der Waals surface area (Å²) in [6.07, 6.45) is 16.9. The molecule has 4 atom stereocenters. The Labute approximate surface area is 295 Å². The summed E-state index contributed by atoms with van der Waals surface area (Å²) in [5, 5.41) is 3.25. The van der Waals surface area contributed by atoms with E-state index in [9.17, 15) is 17.3 Å². The summed E-state index contributed by atoms with van der Waals surface area (Å²) in [7, 11) is -5.80. The Hall–Kier alpha value is -0.292. The third-order valence-electron chi connectivity index (χ3n) is 8.92. The second-order valence-electron chi connectivity index (χ2n) is 13.8. The first-order valence-corrected chi connectivity index (χ1v) is 20.0. The molecule has 5 rings (SSSR count). The Morgan fingerprint density at radius 1 is 0.478 bits per heavy atom. The van der Waals surface area contributed by atoms with Gasteiger partial charge in [-0.3, -0.25) is 0 Å². The van der Waals surface area contributed by atoms with E-state index >= 15 is 0 Å². The molecule has 2 heterocycles. The van der Waals surface area contributed by atoms with Crippen molar-refractivity contribution in [3.05, 3.63) is 86.3 Å². The van der Waals surface area contributed by atoms with Crippen LogP contribution in [0.15, 0.2) is 60.7 Å². The van der Waals surface area contributed by atoms with Crippen molar-refractivity contribution in [1.29, 1.82) is 0 Å². The van der Waals surface area contributed by atoms with Gasteiger partial charge in [0, 0.05) is 19.5 Å². The van der Waals surface area contributed by atoms with Crippen molar-refractivity contribution in [2.45, 2.75) is 117 Å². The van der Waals surface area contributed by atoms with Crippen LogP contribution in [0.25, 0.3) is 0 Å². The number of halogens is 4. The summed E-state index contributed by atoms with van der Waals surface area (Å²) in [4.78, 5) is 0. The van der Waals surface area contributed by atoms with Crippen LogP contribution in [-0.4, -0.2) is 29.9 Å². The standard InChI is InChI=1S/2C15H23P.C8H12.BF4.Rh/c2*1-11(2)14-10-15(12(3)4)16(14)13-8-6-5-7-9-13;1-2-4-6-8-7-5-3-1;2-1(3,4)5;/h2*5-9,11-12,14-15H,10H2,1-4H3;1-2,7-8H,3-6H2;;/q;;;-1;/t2*14-,15-;;;/m00.../s1. The Kier molecular flexibility index (Phi) is 21.3. The molecule has 2 saturated heterocycles. The second kappa shape index (κ2) is 22.4. The number of rotatable bonds is 6. The molecule has 0 N–H and O–H groups in total. The first kappa shape index (κ1) is 43.7. The van der Waals surface area contributed by atoms with Gasteiger partial charge in [0.15, 0.2) is 0 Å². The summed E-state index contributed by atoms with van der Waals surface area (Å²) in [6, 6.07) is 22.4. The minimum absolute atomic E-state index is 0. The van der Waals surface area contributed by atoms with E-state index in [-0.39, 0.29) is 35.3 Å². The van der Waals surface area contributed by atoms with E-state index in [1.54, 1.807) is 10.6 Å². The van der Waals surface area contributed by atoms with Crippen LogP contribution in [-0.2, 0) is 19.5 Å². The number of hydrogen-bond acceptors (Lipinski definition) is 0. The van der Waals surface area contributed by atoms with E-state index in [4.69, 9.17) is 0 Å². The maximum absolute atomic E-state index is 9.75. The molecule has 1 aliphatic carbocycles. The van der Waals surface area contributed by atoms with Gasteiger partial charge in [0.1, 0.15) is 0 Å². The van der Waals surface area contributed by atoms with Crippen molar-refractivity contribution >= 4 is 33.7 Å². The van der Waals surface area contributed by atoms with Crippen LogP contribution in [0.2, 0.25) is 0 Å². The van der Waals surface area contributed by atoms with E-state index in [0.29, 0.717) is 0 Å². The molecule has 0 unspecified atom stereocenters. The van der Waals surface area contributed by atoms with Crippen LogP contribution >= 0.6 is 15.8 Å². The normalized spacial score (nSPS) is 23.7. The molecule has 1 saturated carbocycles. The summed E-state index contributed by atoms with van der Waals surface area (Å²) in [6.45, 7) is 19.1. The van der Waals surface area contributed by atoms with Gasteiger partial charge in [-0.2, -0.15) is 0 Å². The van der Waals surface area contributed by atoms with E-state index in [1.807, 2.05) is 0 Å². The molecule has 2 aliphatic heterocycles. The smallest absolute Gasteiger partial charge is 0.418 e. The molecule has 2 aromatic carbocycles. The average Bonchev–Trinajstić information content (AvgIpc) is 2.87. The van der Waals surface area contributed by atoms with E-state index in [0.717, 1.165) is 46.3 Å². The molecule has 0 spiro atoms. The Bertz CT molecular complexity index is 909. The average molecular weight is 767 g/mol. The molecule has 0 nitrogen and oxygen atoms in total. The van der Waals surface area contributed by atoms with Gasteiger partial charge in [-0.05, 0) is 121 Å². The van der Waals surface area contributed by atoms with Gasteiger partial charge in [-0.15, -0.1) is 0 Å².